The first-order chi connectivity index (χ1) is 15.9. The fourth-order valence-electron chi connectivity index (χ4n) is 4.50. The molecule has 5 rings (SSSR count). The number of aromatic nitrogens is 1. The van der Waals surface area contributed by atoms with Crippen molar-refractivity contribution in [2.24, 2.45) is 4.99 Å². The largest absolute Gasteiger partial charge is 0.361 e. The number of amides is 2. The van der Waals surface area contributed by atoms with Gasteiger partial charge in [-0.3, -0.25) is 14.6 Å². The topological polar surface area (TPSA) is 79.0 Å². The van der Waals surface area contributed by atoms with E-state index in [9.17, 15) is 9.59 Å². The lowest BCUT2D eigenvalue weighted by Crippen LogP contribution is -2.37. The van der Waals surface area contributed by atoms with E-state index in [1.54, 1.807) is 24.3 Å². The van der Waals surface area contributed by atoms with Gasteiger partial charge in [-0.25, -0.2) is 4.90 Å². The van der Waals surface area contributed by atoms with Gasteiger partial charge >= 0.3 is 0 Å². The summed E-state index contributed by atoms with van der Waals surface area (Å²) >= 11 is 1.46. The number of anilines is 1. The molecule has 2 amide bonds. The molecule has 8 heteroatoms. The molecule has 2 aromatic carbocycles. The quantitative estimate of drug-likeness (QED) is 0.520. The van der Waals surface area contributed by atoms with Crippen molar-refractivity contribution in [3.05, 3.63) is 70.6 Å². The summed E-state index contributed by atoms with van der Waals surface area (Å²) in [5.74, 6) is 0.182. The highest BCUT2D eigenvalue weighted by molar-refractivity contribution is 8.14. The minimum atomic E-state index is -0.304. The third-order valence-corrected chi connectivity index (χ3v) is 7.34. The molecule has 0 saturated carbocycles. The maximum absolute atomic E-state index is 12.9. The molecule has 0 bridgehead atoms. The molecule has 0 spiro atoms. The number of rotatable bonds is 4. The molecule has 0 N–H and O–H groups in total. The van der Waals surface area contributed by atoms with Gasteiger partial charge in [-0.2, -0.15) is 0 Å². The molecule has 7 nitrogen and oxygen atoms in total. The van der Waals surface area contributed by atoms with Crippen molar-refractivity contribution < 1.29 is 14.1 Å². The number of likely N-dealkylation sites (N-methyl/N-ethyl adjacent to an activating group) is 1. The number of benzene rings is 2. The van der Waals surface area contributed by atoms with Gasteiger partial charge in [0.15, 0.2) is 5.17 Å². The van der Waals surface area contributed by atoms with Crippen LogP contribution in [0.3, 0.4) is 0 Å². The van der Waals surface area contributed by atoms with Crippen LogP contribution in [0, 0.1) is 20.8 Å². The fraction of sp³-hybridized carbons (Fsp3) is 0.280. The van der Waals surface area contributed by atoms with Crippen LogP contribution >= 0.6 is 11.8 Å². The average Bonchev–Trinajstić information content (AvgIpc) is 3.48. The molecule has 0 aliphatic carbocycles. The molecule has 33 heavy (non-hydrogen) atoms. The lowest BCUT2D eigenvalue weighted by molar-refractivity contribution is 0.0752. The van der Waals surface area contributed by atoms with Crippen LogP contribution in [0.25, 0.3) is 11.1 Å². The highest BCUT2D eigenvalue weighted by Crippen LogP contribution is 2.37. The minimum absolute atomic E-state index is 0.0204. The molecule has 1 atom stereocenters. The van der Waals surface area contributed by atoms with Crippen molar-refractivity contribution in [2.45, 2.75) is 33.1 Å². The fourth-order valence-corrected chi connectivity index (χ4v) is 5.70. The van der Waals surface area contributed by atoms with E-state index in [4.69, 9.17) is 4.52 Å². The summed E-state index contributed by atoms with van der Waals surface area (Å²) in [6, 6.07) is 13.3. The first kappa shape index (κ1) is 21.5. The van der Waals surface area contributed by atoms with Gasteiger partial charge in [0.2, 0.25) is 0 Å². The molecule has 0 fully saturated rings. The SMILES string of the molecule is CCN(c1cc(-c2c(C)noc2C)ccc1C)C1CN=C(N2C(=O)c3ccccc3C2=O)S1. The Morgan fingerprint density at radius 2 is 1.79 bits per heavy atom. The van der Waals surface area contributed by atoms with Gasteiger partial charge in [0.25, 0.3) is 11.8 Å². The molecule has 0 saturated heterocycles. The van der Waals surface area contributed by atoms with Crippen molar-refractivity contribution in [3.8, 4) is 11.1 Å². The van der Waals surface area contributed by atoms with Crippen molar-refractivity contribution in [3.63, 3.8) is 0 Å². The van der Waals surface area contributed by atoms with Crippen LogP contribution in [0.2, 0.25) is 0 Å². The first-order valence-electron chi connectivity index (χ1n) is 10.9. The van der Waals surface area contributed by atoms with Crippen LogP contribution in [0.4, 0.5) is 5.69 Å². The first-order valence-corrected chi connectivity index (χ1v) is 11.8. The van der Waals surface area contributed by atoms with Gasteiger partial charge in [-0.05, 0) is 57.0 Å². The summed E-state index contributed by atoms with van der Waals surface area (Å²) in [7, 11) is 0. The van der Waals surface area contributed by atoms with Gasteiger partial charge in [0.1, 0.15) is 11.1 Å². The number of hydrogen-bond acceptors (Lipinski definition) is 7. The molecular formula is C25H24N4O3S. The van der Waals surface area contributed by atoms with E-state index >= 15 is 0 Å². The Balaban J connectivity index is 1.42. The normalized spacial score (nSPS) is 17.5. The Bertz CT molecular complexity index is 1260. The maximum atomic E-state index is 12.9. The Hall–Kier alpha value is -3.39. The van der Waals surface area contributed by atoms with Crippen LogP contribution in [0.5, 0.6) is 0 Å². The number of amidine groups is 1. The molecule has 0 radical (unpaired) electrons. The van der Waals surface area contributed by atoms with E-state index in [0.717, 1.165) is 40.4 Å². The molecule has 3 aromatic rings. The zero-order valence-electron chi connectivity index (χ0n) is 19.0. The number of thioether (sulfide) groups is 1. The van der Waals surface area contributed by atoms with Crippen LogP contribution < -0.4 is 4.90 Å². The van der Waals surface area contributed by atoms with Crippen LogP contribution in [0.15, 0.2) is 52.0 Å². The number of carbonyl (C=O) groups excluding carboxylic acids is 2. The average molecular weight is 461 g/mol. The van der Waals surface area contributed by atoms with E-state index < -0.39 is 0 Å². The molecular weight excluding hydrogens is 436 g/mol. The van der Waals surface area contributed by atoms with E-state index in [2.05, 4.69) is 47.1 Å². The second kappa shape index (κ2) is 8.19. The Morgan fingerprint density at radius 3 is 2.39 bits per heavy atom. The van der Waals surface area contributed by atoms with Gasteiger partial charge in [0, 0.05) is 17.8 Å². The third kappa shape index (κ3) is 3.45. The lowest BCUT2D eigenvalue weighted by atomic mass is 10.0. The van der Waals surface area contributed by atoms with E-state index in [1.165, 1.54) is 16.7 Å². The lowest BCUT2D eigenvalue weighted by Gasteiger charge is -2.30. The zero-order valence-corrected chi connectivity index (χ0v) is 19.8. The van der Waals surface area contributed by atoms with Crippen molar-refractivity contribution in [1.82, 2.24) is 10.1 Å². The van der Waals surface area contributed by atoms with E-state index in [-0.39, 0.29) is 17.2 Å². The third-order valence-electron chi connectivity index (χ3n) is 6.14. The van der Waals surface area contributed by atoms with Crippen LogP contribution in [-0.2, 0) is 0 Å². The highest BCUT2D eigenvalue weighted by Gasteiger charge is 2.41. The number of fused-ring (bicyclic) bond motifs is 1. The van der Waals surface area contributed by atoms with E-state index in [0.29, 0.717) is 22.8 Å². The minimum Gasteiger partial charge on any atom is -0.361 e. The van der Waals surface area contributed by atoms with Crippen LogP contribution in [0.1, 0.15) is 44.7 Å². The molecule has 2 aliphatic heterocycles. The number of carbonyl (C=O) groups is 2. The van der Waals surface area contributed by atoms with E-state index in [1.807, 2.05) is 13.8 Å². The van der Waals surface area contributed by atoms with Gasteiger partial charge < -0.3 is 9.42 Å². The van der Waals surface area contributed by atoms with Gasteiger partial charge in [-0.15, -0.1) is 0 Å². The second-order valence-corrected chi connectivity index (χ2v) is 9.32. The molecule has 1 aromatic heterocycles. The Kier molecular flexibility index (Phi) is 5.32. The zero-order chi connectivity index (χ0) is 23.3. The van der Waals surface area contributed by atoms with Crippen LogP contribution in [-0.4, -0.2) is 45.5 Å². The number of aliphatic imine (C=N–C) groups is 1. The molecule has 3 heterocycles. The number of imide groups is 1. The Labute approximate surface area is 196 Å². The van der Waals surface area contributed by atoms with Gasteiger partial charge in [0.05, 0.1) is 23.4 Å². The summed E-state index contributed by atoms with van der Waals surface area (Å²) in [6.45, 7) is 9.30. The maximum Gasteiger partial charge on any atom is 0.267 e. The summed E-state index contributed by atoms with van der Waals surface area (Å²) in [4.78, 5) is 33.9. The predicted molar refractivity (Wildman–Crippen MR) is 130 cm³/mol. The van der Waals surface area contributed by atoms with Crippen molar-refractivity contribution >= 4 is 34.4 Å². The summed E-state index contributed by atoms with van der Waals surface area (Å²) in [6.07, 6.45) is 0. The molecule has 168 valence electrons. The smallest absolute Gasteiger partial charge is 0.267 e. The summed E-state index contributed by atoms with van der Waals surface area (Å²) in [5, 5.41) is 4.53. The summed E-state index contributed by atoms with van der Waals surface area (Å²) in [5.41, 5.74) is 6.02. The highest BCUT2D eigenvalue weighted by atomic mass is 32.2. The molecule has 1 unspecified atom stereocenters. The summed E-state index contributed by atoms with van der Waals surface area (Å²) < 4.78 is 5.37. The number of hydrogen-bond donors (Lipinski definition) is 0. The standard InChI is InChI=1S/C25H24N4O3S/c1-5-28(20-12-17(11-10-14(20)2)22-15(3)27-32-16(22)4)21-13-26-25(33-21)29-23(30)18-8-6-7-9-19(18)24(29)31/h6-12,21H,5,13H2,1-4H3. The molecule has 2 aliphatic rings. The van der Waals surface area contributed by atoms with Crippen molar-refractivity contribution in [2.75, 3.05) is 18.0 Å². The second-order valence-electron chi connectivity index (χ2n) is 8.17. The van der Waals surface area contributed by atoms with Gasteiger partial charge in [-0.1, -0.05) is 41.2 Å². The Morgan fingerprint density at radius 1 is 1.09 bits per heavy atom. The van der Waals surface area contributed by atoms with Crippen molar-refractivity contribution in [1.29, 1.82) is 0 Å². The number of aryl methyl sites for hydroxylation is 3. The monoisotopic (exact) mass is 460 g/mol. The predicted octanol–water partition coefficient (Wildman–Crippen LogP) is 4.82. The number of nitrogens with zero attached hydrogens (tertiary/aromatic N) is 4.